The molecule has 0 aromatic carbocycles. The zero-order valence-electron chi connectivity index (χ0n) is 20.3. The third kappa shape index (κ3) is 17.2. The molecule has 33 heavy (non-hydrogen) atoms. The van der Waals surface area contributed by atoms with Gasteiger partial charge in [-0.3, -0.25) is 14.7 Å². The number of aliphatic imine (C=N–C) groups is 3. The van der Waals surface area contributed by atoms with Gasteiger partial charge in [-0.15, -0.1) is 0 Å². The van der Waals surface area contributed by atoms with Crippen LogP contribution in [-0.4, -0.2) is 92.2 Å². The van der Waals surface area contributed by atoms with E-state index in [9.17, 15) is 14.4 Å². The Kier molecular flexibility index (Phi) is 19.2. The summed E-state index contributed by atoms with van der Waals surface area (Å²) in [4.78, 5) is 48.9. The monoisotopic (exact) mass is 462 g/mol. The number of isocyanates is 3. The molecule has 0 amide bonds. The third-order valence-electron chi connectivity index (χ3n) is 5.88. The summed E-state index contributed by atoms with van der Waals surface area (Å²) in [5.41, 5.74) is 0. The topological polar surface area (TPSA) is 98.0 Å². The molecule has 0 N–H and O–H groups in total. The van der Waals surface area contributed by atoms with Crippen molar-refractivity contribution >= 4 is 18.2 Å². The predicted molar refractivity (Wildman–Crippen MR) is 129 cm³/mol. The van der Waals surface area contributed by atoms with Gasteiger partial charge in [-0.1, -0.05) is 38.5 Å². The lowest BCUT2D eigenvalue weighted by Crippen LogP contribution is -2.55. The first-order valence-corrected chi connectivity index (χ1v) is 12.6. The Morgan fingerprint density at radius 1 is 0.424 bits per heavy atom. The van der Waals surface area contributed by atoms with E-state index in [1.54, 1.807) is 18.2 Å². The normalized spacial score (nSPS) is 14.9. The van der Waals surface area contributed by atoms with Crippen LogP contribution in [0.15, 0.2) is 15.0 Å². The first-order valence-electron chi connectivity index (χ1n) is 12.6. The molecule has 9 heteroatoms. The fourth-order valence-electron chi connectivity index (χ4n) is 4.18. The molecular formula is C24H42N6O3. The minimum Gasteiger partial charge on any atom is -0.277 e. The van der Waals surface area contributed by atoms with Crippen LogP contribution in [0.2, 0.25) is 0 Å². The molecule has 0 aromatic rings. The van der Waals surface area contributed by atoms with E-state index in [0.717, 1.165) is 97.4 Å². The smallest absolute Gasteiger partial charge is 0.234 e. The van der Waals surface area contributed by atoms with E-state index in [-0.39, 0.29) is 0 Å². The molecule has 0 atom stereocenters. The van der Waals surface area contributed by atoms with E-state index >= 15 is 0 Å². The predicted octanol–water partition coefficient (Wildman–Crippen LogP) is 3.47. The van der Waals surface area contributed by atoms with Crippen molar-refractivity contribution in [2.24, 2.45) is 15.0 Å². The van der Waals surface area contributed by atoms with Gasteiger partial charge in [-0.25, -0.2) is 29.4 Å². The molecule has 0 unspecified atom stereocenters. The highest BCUT2D eigenvalue weighted by Gasteiger charge is 2.22. The first kappa shape index (κ1) is 29.1. The van der Waals surface area contributed by atoms with Crippen LogP contribution >= 0.6 is 0 Å². The van der Waals surface area contributed by atoms with Crippen molar-refractivity contribution in [1.29, 1.82) is 0 Å². The van der Waals surface area contributed by atoms with Gasteiger partial charge >= 0.3 is 0 Å². The number of nitrogens with zero attached hydrogens (tertiary/aromatic N) is 6. The van der Waals surface area contributed by atoms with E-state index < -0.39 is 0 Å². The Hall–Kier alpha value is -1.98. The van der Waals surface area contributed by atoms with Crippen LogP contribution in [0.4, 0.5) is 0 Å². The van der Waals surface area contributed by atoms with Crippen LogP contribution in [0.3, 0.4) is 0 Å². The summed E-state index contributed by atoms with van der Waals surface area (Å²) in [6, 6.07) is 0. The highest BCUT2D eigenvalue weighted by atomic mass is 16.1. The highest BCUT2D eigenvalue weighted by molar-refractivity contribution is 5.33. The van der Waals surface area contributed by atoms with Crippen LogP contribution in [0.5, 0.6) is 0 Å². The molecule has 0 spiro atoms. The summed E-state index contributed by atoms with van der Waals surface area (Å²) in [6.45, 7) is 8.13. The van der Waals surface area contributed by atoms with Crippen LogP contribution in [0.1, 0.15) is 77.0 Å². The van der Waals surface area contributed by atoms with Crippen molar-refractivity contribution in [3.63, 3.8) is 0 Å². The molecule has 0 aromatic heterocycles. The van der Waals surface area contributed by atoms with Crippen molar-refractivity contribution in [2.45, 2.75) is 77.0 Å². The molecule has 0 bridgehead atoms. The maximum absolute atomic E-state index is 10.1. The minimum atomic E-state index is 0.595. The second-order valence-corrected chi connectivity index (χ2v) is 8.77. The number of hydrogen-bond donors (Lipinski definition) is 0. The average Bonchev–Trinajstić information content (AvgIpc) is 2.82. The standard InChI is InChI=1S/C24H42N6O3/c31-19-25-13-7-1-4-10-16-28-22-29(17-11-5-2-8-14-26-20-32)24-30(23-28)18-12-6-3-9-15-27-21-33/h1-18,22-24H2. The van der Waals surface area contributed by atoms with Crippen LogP contribution in [0, 0.1) is 0 Å². The second kappa shape index (κ2) is 21.8. The summed E-state index contributed by atoms with van der Waals surface area (Å²) in [5, 5.41) is 0. The Labute approximate surface area is 199 Å². The highest BCUT2D eigenvalue weighted by Crippen LogP contribution is 2.13. The van der Waals surface area contributed by atoms with Gasteiger partial charge in [0.25, 0.3) is 0 Å². The van der Waals surface area contributed by atoms with Gasteiger partial charge < -0.3 is 0 Å². The molecule has 1 aliphatic heterocycles. The van der Waals surface area contributed by atoms with Crippen molar-refractivity contribution in [1.82, 2.24) is 14.7 Å². The van der Waals surface area contributed by atoms with E-state index in [2.05, 4.69) is 29.7 Å². The lowest BCUT2D eigenvalue weighted by atomic mass is 10.1. The maximum atomic E-state index is 10.1. The van der Waals surface area contributed by atoms with E-state index in [1.807, 2.05) is 0 Å². The first-order chi connectivity index (χ1) is 16.3. The molecule has 186 valence electrons. The second-order valence-electron chi connectivity index (χ2n) is 8.77. The molecular weight excluding hydrogens is 420 g/mol. The van der Waals surface area contributed by atoms with Gasteiger partial charge in [-0.2, -0.15) is 0 Å². The van der Waals surface area contributed by atoms with E-state index in [1.165, 1.54) is 19.3 Å². The zero-order chi connectivity index (χ0) is 23.8. The maximum Gasteiger partial charge on any atom is 0.234 e. The van der Waals surface area contributed by atoms with Gasteiger partial charge in [0.1, 0.15) is 0 Å². The molecule has 1 aliphatic rings. The summed E-state index contributed by atoms with van der Waals surface area (Å²) in [6.07, 6.45) is 18.0. The van der Waals surface area contributed by atoms with Crippen LogP contribution < -0.4 is 0 Å². The lowest BCUT2D eigenvalue weighted by molar-refractivity contribution is -0.0311. The Bertz CT molecular complexity index is 536. The van der Waals surface area contributed by atoms with Crippen LogP contribution in [0.25, 0.3) is 0 Å². The summed E-state index contributed by atoms with van der Waals surface area (Å²) in [5.74, 6) is 0. The van der Waals surface area contributed by atoms with E-state index in [4.69, 9.17) is 0 Å². The van der Waals surface area contributed by atoms with Gasteiger partial charge in [0.2, 0.25) is 18.2 Å². The molecule has 1 saturated heterocycles. The summed E-state index contributed by atoms with van der Waals surface area (Å²) >= 11 is 0. The SMILES string of the molecule is O=C=NCCCCCCN1CN(CCCCCCN=C=O)CN(CCCCCCN=C=O)C1. The molecule has 0 radical (unpaired) electrons. The summed E-state index contributed by atoms with van der Waals surface area (Å²) < 4.78 is 0. The van der Waals surface area contributed by atoms with Crippen molar-refractivity contribution < 1.29 is 14.4 Å². The quantitative estimate of drug-likeness (QED) is 0.147. The molecule has 0 aliphatic carbocycles. The van der Waals surface area contributed by atoms with Gasteiger partial charge in [0.05, 0.1) is 39.6 Å². The molecule has 0 saturated carbocycles. The Balaban J connectivity index is 2.33. The number of carbonyl (C=O) groups excluding carboxylic acids is 3. The molecule has 9 nitrogen and oxygen atoms in total. The Morgan fingerprint density at radius 3 is 0.970 bits per heavy atom. The number of rotatable bonds is 21. The van der Waals surface area contributed by atoms with Gasteiger partial charge in [0.15, 0.2) is 0 Å². The molecule has 1 rings (SSSR count). The van der Waals surface area contributed by atoms with Crippen LogP contribution in [-0.2, 0) is 14.4 Å². The summed E-state index contributed by atoms with van der Waals surface area (Å²) in [7, 11) is 0. The lowest BCUT2D eigenvalue weighted by Gasteiger charge is -2.42. The van der Waals surface area contributed by atoms with Crippen molar-refractivity contribution in [3.8, 4) is 0 Å². The number of hydrogen-bond acceptors (Lipinski definition) is 9. The molecule has 1 fully saturated rings. The Morgan fingerprint density at radius 2 is 0.697 bits per heavy atom. The largest absolute Gasteiger partial charge is 0.277 e. The fraction of sp³-hybridized carbons (Fsp3) is 0.875. The minimum absolute atomic E-state index is 0.595. The third-order valence-corrected chi connectivity index (χ3v) is 5.88. The van der Waals surface area contributed by atoms with E-state index in [0.29, 0.717) is 19.6 Å². The average molecular weight is 463 g/mol. The van der Waals surface area contributed by atoms with Crippen molar-refractivity contribution in [2.75, 3.05) is 59.3 Å². The molecule has 1 heterocycles. The zero-order valence-corrected chi connectivity index (χ0v) is 20.3. The fourth-order valence-corrected chi connectivity index (χ4v) is 4.18. The van der Waals surface area contributed by atoms with Crippen molar-refractivity contribution in [3.05, 3.63) is 0 Å². The van der Waals surface area contributed by atoms with Gasteiger partial charge in [-0.05, 0) is 38.5 Å². The van der Waals surface area contributed by atoms with Gasteiger partial charge in [0, 0.05) is 19.6 Å². The number of unbranched alkanes of at least 4 members (excludes halogenated alkanes) is 9.